The Hall–Kier alpha value is -2.58. The van der Waals surface area contributed by atoms with Crippen molar-refractivity contribution in [2.45, 2.75) is 19.6 Å². The van der Waals surface area contributed by atoms with Crippen molar-refractivity contribution in [2.75, 3.05) is 42.6 Å². The first kappa shape index (κ1) is 21.6. The minimum Gasteiger partial charge on any atom is -0.442 e. The summed E-state index contributed by atoms with van der Waals surface area (Å²) in [6, 6.07) is 12.8. The Labute approximate surface area is 185 Å². The molecule has 0 bridgehead atoms. The second-order valence-corrected chi connectivity index (χ2v) is 9.03. The van der Waals surface area contributed by atoms with Crippen LogP contribution in [0.1, 0.15) is 12.5 Å². The molecule has 0 aromatic heterocycles. The van der Waals surface area contributed by atoms with Crippen LogP contribution in [0, 0.1) is 5.82 Å². The molecule has 1 N–H and O–H groups in total. The van der Waals surface area contributed by atoms with Gasteiger partial charge in [-0.3, -0.25) is 14.6 Å². The molecule has 6 nitrogen and oxygen atoms in total. The maximum Gasteiger partial charge on any atom is 0.414 e. The van der Waals surface area contributed by atoms with E-state index < -0.39 is 18.0 Å². The highest BCUT2D eigenvalue weighted by molar-refractivity contribution is 7.99. The lowest BCUT2D eigenvalue weighted by Crippen LogP contribution is -2.33. The molecule has 1 unspecified atom stereocenters. The van der Waals surface area contributed by atoms with Crippen LogP contribution >= 0.6 is 11.8 Å². The average molecular weight is 444 g/mol. The van der Waals surface area contributed by atoms with Crippen molar-refractivity contribution >= 4 is 29.4 Å². The molecule has 1 atom stereocenters. The van der Waals surface area contributed by atoms with Crippen LogP contribution in [0.15, 0.2) is 42.5 Å². The van der Waals surface area contributed by atoms with Crippen molar-refractivity contribution in [1.29, 1.82) is 0 Å². The summed E-state index contributed by atoms with van der Waals surface area (Å²) in [5.74, 6) is 1.77. The van der Waals surface area contributed by atoms with Crippen LogP contribution in [0.25, 0.3) is 11.1 Å². The second kappa shape index (κ2) is 9.70. The Kier molecular flexibility index (Phi) is 6.77. The maximum absolute atomic E-state index is 14.9. The van der Waals surface area contributed by atoms with Gasteiger partial charge in [-0.2, -0.15) is 11.8 Å². The molecule has 2 fully saturated rings. The number of thioether (sulfide) groups is 1. The van der Waals surface area contributed by atoms with Gasteiger partial charge in [-0.25, -0.2) is 9.18 Å². The summed E-state index contributed by atoms with van der Waals surface area (Å²) in [6.45, 7) is 5.03. The number of carbonyl (C=O) groups excluding carboxylic acids is 2. The summed E-state index contributed by atoms with van der Waals surface area (Å²) < 4.78 is 20.1. The molecular formula is C23H26FN3O3S. The van der Waals surface area contributed by atoms with Crippen molar-refractivity contribution in [3.8, 4) is 11.1 Å². The van der Waals surface area contributed by atoms with Gasteiger partial charge in [0.05, 0.1) is 18.8 Å². The summed E-state index contributed by atoms with van der Waals surface area (Å²) in [5.41, 5.74) is 2.95. The van der Waals surface area contributed by atoms with Crippen LogP contribution in [-0.4, -0.2) is 60.7 Å². The van der Waals surface area contributed by atoms with E-state index in [9.17, 15) is 14.0 Å². The van der Waals surface area contributed by atoms with Crippen LogP contribution in [-0.2, 0) is 16.1 Å². The van der Waals surface area contributed by atoms with Gasteiger partial charge >= 0.3 is 6.09 Å². The van der Waals surface area contributed by atoms with E-state index in [0.29, 0.717) is 11.3 Å². The van der Waals surface area contributed by atoms with E-state index in [4.69, 9.17) is 4.74 Å². The van der Waals surface area contributed by atoms with E-state index in [-0.39, 0.29) is 19.0 Å². The Balaban J connectivity index is 1.42. The number of rotatable bonds is 6. The predicted molar refractivity (Wildman–Crippen MR) is 121 cm³/mol. The van der Waals surface area contributed by atoms with E-state index in [1.54, 1.807) is 12.1 Å². The first-order valence-electron chi connectivity index (χ1n) is 10.4. The Morgan fingerprint density at radius 3 is 2.61 bits per heavy atom. The second-order valence-electron chi connectivity index (χ2n) is 7.80. The fourth-order valence-corrected chi connectivity index (χ4v) is 4.79. The molecule has 2 amide bonds. The molecule has 31 heavy (non-hydrogen) atoms. The molecule has 2 aromatic rings. The minimum absolute atomic E-state index is 0.189. The topological polar surface area (TPSA) is 61.9 Å². The molecule has 0 aliphatic carbocycles. The highest BCUT2D eigenvalue weighted by Gasteiger charge is 2.32. The number of benzene rings is 2. The lowest BCUT2D eigenvalue weighted by atomic mass is 10.0. The first-order valence-corrected chi connectivity index (χ1v) is 11.6. The van der Waals surface area contributed by atoms with Crippen molar-refractivity contribution in [3.63, 3.8) is 0 Å². The number of halogens is 1. The smallest absolute Gasteiger partial charge is 0.414 e. The number of nitrogens with zero attached hydrogens (tertiary/aromatic N) is 2. The summed E-state index contributed by atoms with van der Waals surface area (Å²) in [5, 5.41) is 2.63. The van der Waals surface area contributed by atoms with Gasteiger partial charge in [-0.1, -0.05) is 24.3 Å². The number of carbonyl (C=O) groups is 2. The van der Waals surface area contributed by atoms with Crippen LogP contribution in [0.4, 0.5) is 14.9 Å². The molecule has 4 rings (SSSR count). The lowest BCUT2D eigenvalue weighted by Gasteiger charge is -2.26. The fraction of sp³-hybridized carbons (Fsp3) is 0.391. The normalized spacial score (nSPS) is 19.4. The zero-order chi connectivity index (χ0) is 21.8. The fourth-order valence-electron chi connectivity index (χ4n) is 3.81. The van der Waals surface area contributed by atoms with Crippen LogP contribution < -0.4 is 10.2 Å². The van der Waals surface area contributed by atoms with E-state index in [0.717, 1.165) is 25.2 Å². The molecule has 0 saturated carbocycles. The third kappa shape index (κ3) is 5.37. The van der Waals surface area contributed by atoms with Crippen LogP contribution in [0.3, 0.4) is 0 Å². The SMILES string of the molecule is CC(=O)NCC1CN(c2ccc(-c3ccc(CN4CCSCC4)cc3)c(F)c2)C(=O)O1. The Morgan fingerprint density at radius 1 is 1.19 bits per heavy atom. The largest absolute Gasteiger partial charge is 0.442 e. The molecule has 2 aromatic carbocycles. The highest BCUT2D eigenvalue weighted by Crippen LogP contribution is 2.29. The highest BCUT2D eigenvalue weighted by atomic mass is 32.2. The van der Waals surface area contributed by atoms with Gasteiger partial charge in [0.2, 0.25) is 5.91 Å². The Morgan fingerprint density at radius 2 is 1.94 bits per heavy atom. The number of anilines is 1. The standard InChI is InChI=1S/C23H26FN3O3S/c1-16(28)25-13-20-15-27(23(29)30-20)19-6-7-21(22(24)12-19)18-4-2-17(3-5-18)14-26-8-10-31-11-9-26/h2-7,12,20H,8-11,13-15H2,1H3,(H,25,28). The van der Waals surface area contributed by atoms with Gasteiger partial charge in [0.25, 0.3) is 0 Å². The molecule has 2 saturated heterocycles. The number of amides is 2. The average Bonchev–Trinajstić information content (AvgIpc) is 3.14. The quantitative estimate of drug-likeness (QED) is 0.741. The summed E-state index contributed by atoms with van der Waals surface area (Å²) in [6.07, 6.45) is -0.992. The van der Waals surface area contributed by atoms with Gasteiger partial charge in [0, 0.05) is 43.6 Å². The number of hydrogen-bond acceptors (Lipinski definition) is 5. The van der Waals surface area contributed by atoms with Crippen molar-refractivity contribution in [1.82, 2.24) is 10.2 Å². The van der Waals surface area contributed by atoms with Crippen molar-refractivity contribution in [2.24, 2.45) is 0 Å². The zero-order valence-electron chi connectivity index (χ0n) is 17.5. The summed E-state index contributed by atoms with van der Waals surface area (Å²) in [4.78, 5) is 27.0. The molecule has 0 radical (unpaired) electrons. The molecule has 2 aliphatic rings. The van der Waals surface area contributed by atoms with Gasteiger partial charge in [-0.15, -0.1) is 0 Å². The number of nitrogens with one attached hydrogen (secondary N) is 1. The molecule has 8 heteroatoms. The van der Waals surface area contributed by atoms with E-state index in [1.807, 2.05) is 23.9 Å². The number of hydrogen-bond donors (Lipinski definition) is 1. The molecule has 164 valence electrons. The first-order chi connectivity index (χ1) is 15.0. The van der Waals surface area contributed by atoms with Crippen molar-refractivity contribution < 1.29 is 18.7 Å². The zero-order valence-corrected chi connectivity index (χ0v) is 18.3. The summed E-state index contributed by atoms with van der Waals surface area (Å²) >= 11 is 1.99. The molecule has 2 aliphatic heterocycles. The maximum atomic E-state index is 14.9. The Bertz CT molecular complexity index is 948. The lowest BCUT2D eigenvalue weighted by molar-refractivity contribution is -0.119. The molecule has 0 spiro atoms. The minimum atomic E-state index is -0.539. The number of cyclic esters (lactones) is 1. The van der Waals surface area contributed by atoms with E-state index in [1.165, 1.54) is 35.0 Å². The van der Waals surface area contributed by atoms with Crippen LogP contribution in [0.5, 0.6) is 0 Å². The molecular weight excluding hydrogens is 417 g/mol. The third-order valence-corrected chi connectivity index (χ3v) is 6.43. The van der Waals surface area contributed by atoms with Crippen molar-refractivity contribution in [3.05, 3.63) is 53.8 Å². The van der Waals surface area contributed by atoms with Gasteiger partial charge in [-0.05, 0) is 29.3 Å². The van der Waals surface area contributed by atoms with Gasteiger partial charge < -0.3 is 10.1 Å². The predicted octanol–water partition coefficient (Wildman–Crippen LogP) is 3.50. The summed E-state index contributed by atoms with van der Waals surface area (Å²) in [7, 11) is 0. The third-order valence-electron chi connectivity index (χ3n) is 5.49. The van der Waals surface area contributed by atoms with E-state index in [2.05, 4.69) is 22.3 Å². The van der Waals surface area contributed by atoms with E-state index >= 15 is 0 Å². The number of ether oxygens (including phenoxy) is 1. The monoisotopic (exact) mass is 443 g/mol. The van der Waals surface area contributed by atoms with Gasteiger partial charge in [0.15, 0.2) is 0 Å². The van der Waals surface area contributed by atoms with Gasteiger partial charge in [0.1, 0.15) is 11.9 Å². The molecule has 2 heterocycles. The van der Waals surface area contributed by atoms with Crippen LogP contribution in [0.2, 0.25) is 0 Å².